The topological polar surface area (TPSA) is 96.7 Å². The molecule has 2 aromatic rings. The van der Waals surface area contributed by atoms with Crippen LogP contribution in [0.25, 0.3) is 0 Å². The largest absolute Gasteiger partial charge is 0.482 e. The molecule has 0 radical (unpaired) electrons. The quantitative estimate of drug-likeness (QED) is 0.441. The fourth-order valence-corrected chi connectivity index (χ4v) is 2.72. The zero-order chi connectivity index (χ0) is 21.9. The molecule has 7 nitrogen and oxygen atoms in total. The number of carbonyl (C=O) groups is 3. The van der Waals surface area contributed by atoms with Crippen molar-refractivity contribution in [2.24, 2.45) is 0 Å². The summed E-state index contributed by atoms with van der Waals surface area (Å²) in [6, 6.07) is 17.4. The van der Waals surface area contributed by atoms with Crippen LogP contribution in [0.1, 0.15) is 37.0 Å². The van der Waals surface area contributed by atoms with Gasteiger partial charge in [-0.3, -0.25) is 9.59 Å². The molecule has 0 aromatic heterocycles. The first-order valence-corrected chi connectivity index (χ1v) is 9.65. The Balaban J connectivity index is 1.92. The highest BCUT2D eigenvalue weighted by atomic mass is 16.6. The van der Waals surface area contributed by atoms with Crippen molar-refractivity contribution in [2.75, 3.05) is 18.1 Å². The number of amides is 1. The zero-order valence-corrected chi connectivity index (χ0v) is 17.0. The lowest BCUT2D eigenvalue weighted by Gasteiger charge is -2.25. The summed E-state index contributed by atoms with van der Waals surface area (Å²) in [5.41, 5.74) is 1.20. The summed E-state index contributed by atoms with van der Waals surface area (Å²) in [7, 11) is 0. The summed E-state index contributed by atoms with van der Waals surface area (Å²) < 4.78 is 10.6. The number of hydrogen-bond donors (Lipinski definition) is 0. The van der Waals surface area contributed by atoms with E-state index in [-0.39, 0.29) is 25.4 Å². The summed E-state index contributed by atoms with van der Waals surface area (Å²) in [6.45, 7) is 3.08. The Bertz CT molecular complexity index is 903. The van der Waals surface area contributed by atoms with E-state index in [0.29, 0.717) is 23.4 Å². The van der Waals surface area contributed by atoms with Gasteiger partial charge in [-0.15, -0.1) is 0 Å². The third kappa shape index (κ3) is 6.45. The van der Waals surface area contributed by atoms with E-state index in [9.17, 15) is 14.4 Å². The van der Waals surface area contributed by atoms with Crippen LogP contribution < -0.4 is 9.64 Å². The number of nitrogens with zero attached hydrogens (tertiary/aromatic N) is 2. The minimum Gasteiger partial charge on any atom is -0.482 e. The van der Waals surface area contributed by atoms with Crippen LogP contribution in [0.3, 0.4) is 0 Å². The second kappa shape index (κ2) is 11.4. The molecule has 7 heteroatoms. The van der Waals surface area contributed by atoms with Gasteiger partial charge in [-0.05, 0) is 43.3 Å². The maximum absolute atomic E-state index is 12.8. The van der Waals surface area contributed by atoms with Gasteiger partial charge >= 0.3 is 5.97 Å². The lowest BCUT2D eigenvalue weighted by atomic mass is 10.1. The van der Waals surface area contributed by atoms with Crippen LogP contribution in [0, 0.1) is 11.3 Å². The van der Waals surface area contributed by atoms with E-state index in [1.54, 1.807) is 55.5 Å². The molecule has 0 aliphatic rings. The number of para-hydroxylation sites is 1. The van der Waals surface area contributed by atoms with Crippen molar-refractivity contribution in [3.8, 4) is 11.8 Å². The van der Waals surface area contributed by atoms with Crippen LogP contribution in [-0.4, -0.2) is 36.9 Å². The molecular weight excluding hydrogens is 384 g/mol. The number of ketones is 1. The molecule has 1 atom stereocenters. The Morgan fingerprint density at radius 3 is 2.33 bits per heavy atom. The molecule has 2 rings (SSSR count). The average molecular weight is 408 g/mol. The molecule has 0 aliphatic carbocycles. The molecule has 1 unspecified atom stereocenters. The second-order valence-corrected chi connectivity index (χ2v) is 6.46. The molecule has 0 N–H and O–H groups in total. The zero-order valence-electron chi connectivity index (χ0n) is 17.0. The number of nitriles is 1. The van der Waals surface area contributed by atoms with Crippen molar-refractivity contribution in [3.05, 3.63) is 60.2 Å². The van der Waals surface area contributed by atoms with Gasteiger partial charge in [-0.2, -0.15) is 5.26 Å². The highest BCUT2D eigenvalue weighted by molar-refractivity contribution is 5.97. The molecule has 1 amide bonds. The van der Waals surface area contributed by atoms with Gasteiger partial charge in [-0.1, -0.05) is 25.1 Å². The Hall–Kier alpha value is -3.66. The van der Waals surface area contributed by atoms with Gasteiger partial charge in [0.25, 0.3) is 5.91 Å². The third-order valence-electron chi connectivity index (χ3n) is 4.29. The van der Waals surface area contributed by atoms with E-state index < -0.39 is 18.0 Å². The fourth-order valence-electron chi connectivity index (χ4n) is 2.72. The first-order valence-electron chi connectivity index (χ1n) is 9.65. The van der Waals surface area contributed by atoms with Crippen molar-refractivity contribution in [1.82, 2.24) is 0 Å². The highest BCUT2D eigenvalue weighted by Crippen LogP contribution is 2.17. The minimum absolute atomic E-state index is 0.0210. The molecule has 0 bridgehead atoms. The summed E-state index contributed by atoms with van der Waals surface area (Å²) in [4.78, 5) is 37.9. The van der Waals surface area contributed by atoms with Gasteiger partial charge in [0.15, 0.2) is 18.5 Å². The van der Waals surface area contributed by atoms with Crippen LogP contribution >= 0.6 is 0 Å². The van der Waals surface area contributed by atoms with Crippen molar-refractivity contribution < 1.29 is 23.9 Å². The van der Waals surface area contributed by atoms with Gasteiger partial charge in [0, 0.05) is 24.2 Å². The Labute approximate surface area is 175 Å². The smallest absolute Gasteiger partial charge is 0.344 e. The van der Waals surface area contributed by atoms with Gasteiger partial charge in [0.05, 0.1) is 12.5 Å². The Morgan fingerprint density at radius 1 is 1.07 bits per heavy atom. The fraction of sp³-hybridized carbons (Fsp3) is 0.304. The molecule has 0 saturated carbocycles. The highest BCUT2D eigenvalue weighted by Gasteiger charge is 2.25. The van der Waals surface area contributed by atoms with E-state index in [2.05, 4.69) is 0 Å². The lowest BCUT2D eigenvalue weighted by molar-refractivity contribution is -0.155. The standard InChI is InChI=1S/C23H24N2O5/c1-3-21(26)18-10-12-20(13-11-18)29-16-22(27)30-17(2)23(28)25(15-7-14-24)19-8-5-4-6-9-19/h4-6,8-13,17H,3,7,15-16H2,1-2H3. The Morgan fingerprint density at radius 2 is 1.73 bits per heavy atom. The number of anilines is 1. The van der Waals surface area contributed by atoms with E-state index >= 15 is 0 Å². The van der Waals surface area contributed by atoms with Crippen LogP contribution in [-0.2, 0) is 14.3 Å². The molecule has 156 valence electrons. The maximum Gasteiger partial charge on any atom is 0.344 e. The number of Topliss-reactive ketones (excluding diaryl/α,β-unsaturated/α-hetero) is 1. The van der Waals surface area contributed by atoms with E-state index in [4.69, 9.17) is 14.7 Å². The van der Waals surface area contributed by atoms with Crippen molar-refractivity contribution in [3.63, 3.8) is 0 Å². The molecule has 0 spiro atoms. The van der Waals surface area contributed by atoms with Crippen molar-refractivity contribution in [2.45, 2.75) is 32.8 Å². The minimum atomic E-state index is -1.04. The second-order valence-electron chi connectivity index (χ2n) is 6.46. The first kappa shape index (κ1) is 22.6. The summed E-state index contributed by atoms with van der Waals surface area (Å²) in [6.07, 6.45) is -0.474. The number of rotatable bonds is 10. The summed E-state index contributed by atoms with van der Waals surface area (Å²) in [5, 5.41) is 8.86. The van der Waals surface area contributed by atoms with E-state index in [1.807, 2.05) is 12.1 Å². The van der Waals surface area contributed by atoms with Crippen molar-refractivity contribution >= 4 is 23.3 Å². The maximum atomic E-state index is 12.8. The van der Waals surface area contributed by atoms with Gasteiger partial charge in [0.2, 0.25) is 0 Å². The van der Waals surface area contributed by atoms with E-state index in [1.165, 1.54) is 11.8 Å². The van der Waals surface area contributed by atoms with Gasteiger partial charge in [0.1, 0.15) is 5.75 Å². The first-order chi connectivity index (χ1) is 14.5. The molecule has 0 saturated heterocycles. The Kier molecular flexibility index (Phi) is 8.57. The summed E-state index contributed by atoms with van der Waals surface area (Å²) >= 11 is 0. The lowest BCUT2D eigenvalue weighted by Crippen LogP contribution is -2.41. The molecule has 0 fully saturated rings. The number of carbonyl (C=O) groups excluding carboxylic acids is 3. The third-order valence-corrected chi connectivity index (χ3v) is 4.29. The number of esters is 1. The molecular formula is C23H24N2O5. The molecule has 0 aliphatic heterocycles. The van der Waals surface area contributed by atoms with Crippen molar-refractivity contribution in [1.29, 1.82) is 5.26 Å². The number of benzene rings is 2. The van der Waals surface area contributed by atoms with Gasteiger partial charge in [-0.25, -0.2) is 4.79 Å². The summed E-state index contributed by atoms with van der Waals surface area (Å²) in [5.74, 6) is -0.684. The van der Waals surface area contributed by atoms with Crippen LogP contribution in [0.5, 0.6) is 5.75 Å². The monoisotopic (exact) mass is 408 g/mol. The average Bonchev–Trinajstić information content (AvgIpc) is 2.78. The number of ether oxygens (including phenoxy) is 2. The van der Waals surface area contributed by atoms with Crippen LogP contribution in [0.2, 0.25) is 0 Å². The normalized spacial score (nSPS) is 11.1. The van der Waals surface area contributed by atoms with Crippen LogP contribution in [0.15, 0.2) is 54.6 Å². The van der Waals surface area contributed by atoms with E-state index in [0.717, 1.165) is 0 Å². The molecule has 2 aromatic carbocycles. The predicted molar refractivity (Wildman–Crippen MR) is 111 cm³/mol. The molecule has 0 heterocycles. The molecule has 30 heavy (non-hydrogen) atoms. The van der Waals surface area contributed by atoms with Crippen LogP contribution in [0.4, 0.5) is 5.69 Å². The predicted octanol–water partition coefficient (Wildman–Crippen LogP) is 3.54. The number of hydrogen-bond acceptors (Lipinski definition) is 6. The van der Waals surface area contributed by atoms with Gasteiger partial charge < -0.3 is 14.4 Å². The SMILES string of the molecule is CCC(=O)c1ccc(OCC(=O)OC(C)C(=O)N(CCC#N)c2ccccc2)cc1.